The number of alkyl halides is 1. The van der Waals surface area contributed by atoms with Crippen LogP contribution in [0.1, 0.15) is 20.3 Å². The number of halogens is 1. The van der Waals surface area contributed by atoms with Crippen molar-refractivity contribution in [2.45, 2.75) is 25.1 Å². The second-order valence-electron chi connectivity index (χ2n) is 3.08. The summed E-state index contributed by atoms with van der Waals surface area (Å²) in [5.41, 5.74) is -0.742. The average molecular weight is 205 g/mol. The molecule has 0 aromatic heterocycles. The van der Waals surface area contributed by atoms with Crippen LogP contribution in [0.5, 0.6) is 0 Å². The fraction of sp³-hybridized carbons (Fsp3) is 0.714. The Morgan fingerprint density at radius 3 is 2.10 bits per heavy atom. The molecule has 1 rings (SSSR count). The van der Waals surface area contributed by atoms with Crippen molar-refractivity contribution in [3.63, 3.8) is 0 Å². The van der Waals surface area contributed by atoms with Crippen LogP contribution in [0.3, 0.4) is 0 Å². The molecule has 0 bridgehead atoms. The zero-order valence-electron chi connectivity index (χ0n) is 5.98. The second kappa shape index (κ2) is 2.16. The average Bonchev–Trinajstić information content (AvgIpc) is 1.97. The summed E-state index contributed by atoms with van der Waals surface area (Å²) in [7, 11) is 0. The highest BCUT2D eigenvalue weighted by molar-refractivity contribution is 9.10. The zero-order valence-corrected chi connectivity index (χ0v) is 7.56. The van der Waals surface area contributed by atoms with Gasteiger partial charge in [-0.15, -0.1) is 0 Å². The van der Waals surface area contributed by atoms with Crippen molar-refractivity contribution in [1.29, 1.82) is 0 Å². The minimum Gasteiger partial charge on any atom is -0.299 e. The molecule has 0 saturated heterocycles. The lowest BCUT2D eigenvalue weighted by Gasteiger charge is -2.11. The maximum atomic E-state index is 11.2. The van der Waals surface area contributed by atoms with Crippen molar-refractivity contribution >= 4 is 27.5 Å². The first-order chi connectivity index (χ1) is 4.46. The van der Waals surface area contributed by atoms with E-state index in [1.807, 2.05) is 0 Å². The Balaban J connectivity index is 2.96. The molecule has 0 radical (unpaired) electrons. The molecule has 0 heterocycles. The molecule has 1 atom stereocenters. The van der Waals surface area contributed by atoms with Crippen molar-refractivity contribution in [3.8, 4) is 0 Å². The third-order valence-corrected chi connectivity index (χ3v) is 2.70. The van der Waals surface area contributed by atoms with Gasteiger partial charge in [0.25, 0.3) is 0 Å². The number of hydrogen-bond donors (Lipinski definition) is 0. The lowest BCUT2D eigenvalue weighted by molar-refractivity contribution is -0.132. The number of carbonyl (C=O) groups is 2. The highest BCUT2D eigenvalue weighted by Gasteiger charge is 2.46. The van der Waals surface area contributed by atoms with Gasteiger partial charge in [0.05, 0.1) is 10.2 Å². The maximum Gasteiger partial charge on any atom is 0.159 e. The van der Waals surface area contributed by atoms with Crippen LogP contribution in [-0.4, -0.2) is 16.4 Å². The van der Waals surface area contributed by atoms with Gasteiger partial charge >= 0.3 is 0 Å². The van der Waals surface area contributed by atoms with E-state index in [0.717, 1.165) is 0 Å². The Labute approximate surface area is 68.1 Å². The molecule has 1 fully saturated rings. The molecule has 0 amide bonds. The molecule has 1 unspecified atom stereocenters. The summed E-state index contributed by atoms with van der Waals surface area (Å²) < 4.78 is 0. The fourth-order valence-electron chi connectivity index (χ4n) is 1.04. The molecule has 10 heavy (non-hydrogen) atoms. The molecule has 0 aromatic carbocycles. The van der Waals surface area contributed by atoms with E-state index in [1.54, 1.807) is 13.8 Å². The van der Waals surface area contributed by atoms with Crippen molar-refractivity contribution in [2.75, 3.05) is 0 Å². The SMILES string of the molecule is CC1(C)C(=O)CC(Br)C1=O. The molecule has 0 spiro atoms. The second-order valence-corrected chi connectivity index (χ2v) is 4.19. The molecule has 1 aliphatic carbocycles. The van der Waals surface area contributed by atoms with Gasteiger partial charge in [-0.05, 0) is 13.8 Å². The summed E-state index contributed by atoms with van der Waals surface area (Å²) in [5.74, 6) is 0.0527. The molecule has 0 N–H and O–H groups in total. The van der Waals surface area contributed by atoms with E-state index in [4.69, 9.17) is 0 Å². The van der Waals surface area contributed by atoms with Gasteiger partial charge in [-0.2, -0.15) is 0 Å². The molecule has 0 aliphatic heterocycles. The van der Waals surface area contributed by atoms with Gasteiger partial charge in [-0.1, -0.05) is 15.9 Å². The summed E-state index contributed by atoms with van der Waals surface area (Å²) in [4.78, 5) is 22.0. The molecule has 1 aliphatic rings. The van der Waals surface area contributed by atoms with Crippen molar-refractivity contribution in [1.82, 2.24) is 0 Å². The Hall–Kier alpha value is -0.180. The van der Waals surface area contributed by atoms with Crippen LogP contribution in [0, 0.1) is 5.41 Å². The maximum absolute atomic E-state index is 11.2. The number of hydrogen-bond acceptors (Lipinski definition) is 2. The Kier molecular flexibility index (Phi) is 1.71. The summed E-state index contributed by atoms with van der Waals surface area (Å²) >= 11 is 3.15. The predicted molar refractivity (Wildman–Crippen MR) is 41.1 cm³/mol. The topological polar surface area (TPSA) is 34.1 Å². The lowest BCUT2D eigenvalue weighted by Crippen LogP contribution is -2.26. The van der Waals surface area contributed by atoms with Crippen LogP contribution < -0.4 is 0 Å². The summed E-state index contributed by atoms with van der Waals surface area (Å²) in [5, 5.41) is 0. The molecule has 1 saturated carbocycles. The van der Waals surface area contributed by atoms with Crippen LogP contribution >= 0.6 is 15.9 Å². The number of ketones is 2. The molecular formula is C7H9BrO2. The van der Waals surface area contributed by atoms with Crippen LogP contribution in [0.15, 0.2) is 0 Å². The van der Waals surface area contributed by atoms with Gasteiger partial charge in [0.15, 0.2) is 5.78 Å². The first-order valence-corrected chi connectivity index (χ1v) is 4.09. The van der Waals surface area contributed by atoms with Gasteiger partial charge in [-0.25, -0.2) is 0 Å². The Morgan fingerprint density at radius 1 is 1.50 bits per heavy atom. The number of Topliss-reactive ketones (excluding diaryl/α,β-unsaturated/α-hetero) is 2. The smallest absolute Gasteiger partial charge is 0.159 e. The first kappa shape index (κ1) is 7.92. The molecule has 56 valence electrons. The Bertz CT molecular complexity index is 196. The molecule has 3 heteroatoms. The third-order valence-electron chi connectivity index (χ3n) is 1.96. The highest BCUT2D eigenvalue weighted by Crippen LogP contribution is 2.33. The molecule has 2 nitrogen and oxygen atoms in total. The van der Waals surface area contributed by atoms with E-state index in [0.29, 0.717) is 6.42 Å². The van der Waals surface area contributed by atoms with Crippen molar-refractivity contribution < 1.29 is 9.59 Å². The van der Waals surface area contributed by atoms with Crippen LogP contribution in [0.25, 0.3) is 0 Å². The Morgan fingerprint density at radius 2 is 2.00 bits per heavy atom. The number of carbonyl (C=O) groups excluding carboxylic acids is 2. The normalized spacial score (nSPS) is 31.3. The van der Waals surface area contributed by atoms with Gasteiger partial charge < -0.3 is 0 Å². The monoisotopic (exact) mass is 204 g/mol. The largest absolute Gasteiger partial charge is 0.299 e. The minimum absolute atomic E-state index is 0.0116. The standard InChI is InChI=1S/C7H9BrO2/c1-7(2)5(9)3-4(8)6(7)10/h4H,3H2,1-2H3. The first-order valence-electron chi connectivity index (χ1n) is 3.18. The summed E-state index contributed by atoms with van der Waals surface area (Å²) in [6, 6.07) is 0. The van der Waals surface area contributed by atoms with E-state index in [-0.39, 0.29) is 16.4 Å². The number of rotatable bonds is 0. The predicted octanol–water partition coefficient (Wildman–Crippen LogP) is 1.32. The van der Waals surface area contributed by atoms with Crippen LogP contribution in [0.4, 0.5) is 0 Å². The van der Waals surface area contributed by atoms with Gasteiger partial charge in [-0.3, -0.25) is 9.59 Å². The summed E-state index contributed by atoms with van der Waals surface area (Å²) in [6.07, 6.45) is 0.353. The van der Waals surface area contributed by atoms with Gasteiger partial charge in [0.1, 0.15) is 5.78 Å². The third kappa shape index (κ3) is 0.926. The minimum atomic E-state index is -0.742. The van der Waals surface area contributed by atoms with Crippen molar-refractivity contribution in [2.24, 2.45) is 5.41 Å². The lowest BCUT2D eigenvalue weighted by atomic mass is 9.90. The van der Waals surface area contributed by atoms with Crippen molar-refractivity contribution in [3.05, 3.63) is 0 Å². The molecular weight excluding hydrogens is 196 g/mol. The van der Waals surface area contributed by atoms with E-state index in [2.05, 4.69) is 15.9 Å². The van der Waals surface area contributed by atoms with Gasteiger partial charge in [0.2, 0.25) is 0 Å². The summed E-state index contributed by atoms with van der Waals surface area (Å²) in [6.45, 7) is 3.36. The van der Waals surface area contributed by atoms with E-state index in [9.17, 15) is 9.59 Å². The van der Waals surface area contributed by atoms with Gasteiger partial charge in [0, 0.05) is 6.42 Å². The quantitative estimate of drug-likeness (QED) is 0.441. The fourth-order valence-corrected chi connectivity index (χ4v) is 1.91. The highest BCUT2D eigenvalue weighted by atomic mass is 79.9. The van der Waals surface area contributed by atoms with Crippen LogP contribution in [-0.2, 0) is 9.59 Å². The van der Waals surface area contributed by atoms with E-state index >= 15 is 0 Å². The van der Waals surface area contributed by atoms with Crippen LogP contribution in [0.2, 0.25) is 0 Å². The zero-order chi connectivity index (χ0) is 7.94. The van der Waals surface area contributed by atoms with E-state index in [1.165, 1.54) is 0 Å². The molecule has 0 aromatic rings. The van der Waals surface area contributed by atoms with E-state index < -0.39 is 5.41 Å².